The highest BCUT2D eigenvalue weighted by Gasteiger charge is 2.15. The normalized spacial score (nSPS) is 11.6. The smallest absolute Gasteiger partial charge is 0.0541 e. The summed E-state index contributed by atoms with van der Waals surface area (Å²) in [6.45, 7) is 0. The van der Waals surface area contributed by atoms with Crippen LogP contribution in [0, 0.1) is 0 Å². The first-order valence-corrected chi connectivity index (χ1v) is 15.1. The molecule has 0 aliphatic heterocycles. The number of rotatable bonds is 4. The third-order valence-corrected chi connectivity index (χ3v) is 8.93. The molecule has 9 rings (SSSR count). The lowest BCUT2D eigenvalue weighted by atomic mass is 10.0. The molecular formula is C42H28N2. The van der Waals surface area contributed by atoms with Crippen LogP contribution < -0.4 is 0 Å². The van der Waals surface area contributed by atoms with Crippen molar-refractivity contribution in [2.45, 2.75) is 0 Å². The first-order chi connectivity index (χ1) is 21.8. The van der Waals surface area contributed by atoms with E-state index in [0.717, 1.165) is 5.69 Å². The zero-order chi connectivity index (χ0) is 29.0. The van der Waals surface area contributed by atoms with E-state index in [4.69, 9.17) is 0 Å². The summed E-state index contributed by atoms with van der Waals surface area (Å²) in [6.07, 6.45) is 0. The molecule has 44 heavy (non-hydrogen) atoms. The minimum absolute atomic E-state index is 1.16. The maximum atomic E-state index is 2.39. The first kappa shape index (κ1) is 24.7. The van der Waals surface area contributed by atoms with Crippen molar-refractivity contribution in [2.24, 2.45) is 0 Å². The Balaban J connectivity index is 1.16. The zero-order valence-electron chi connectivity index (χ0n) is 24.1. The lowest BCUT2D eigenvalue weighted by Crippen LogP contribution is -1.94. The molecule has 7 aromatic carbocycles. The molecular weight excluding hydrogens is 532 g/mol. The van der Waals surface area contributed by atoms with E-state index in [2.05, 4.69) is 179 Å². The molecule has 2 nitrogen and oxygen atoms in total. The zero-order valence-corrected chi connectivity index (χ0v) is 24.1. The van der Waals surface area contributed by atoms with Crippen LogP contribution in [0.15, 0.2) is 170 Å². The molecule has 0 spiro atoms. The van der Waals surface area contributed by atoms with Crippen LogP contribution in [-0.4, -0.2) is 9.13 Å². The molecule has 0 radical (unpaired) electrons. The molecule has 0 amide bonds. The van der Waals surface area contributed by atoms with Crippen LogP contribution in [0.25, 0.3) is 77.2 Å². The highest BCUT2D eigenvalue weighted by Crippen LogP contribution is 2.37. The largest absolute Gasteiger partial charge is 0.309 e. The van der Waals surface area contributed by atoms with Crippen LogP contribution in [-0.2, 0) is 0 Å². The van der Waals surface area contributed by atoms with Gasteiger partial charge in [0.2, 0.25) is 0 Å². The van der Waals surface area contributed by atoms with Crippen molar-refractivity contribution in [1.82, 2.24) is 9.13 Å². The van der Waals surface area contributed by atoms with Gasteiger partial charge in [-0.05, 0) is 82.9 Å². The van der Waals surface area contributed by atoms with Gasteiger partial charge in [-0.25, -0.2) is 0 Å². The average molecular weight is 561 g/mol. The van der Waals surface area contributed by atoms with Gasteiger partial charge in [0.05, 0.1) is 22.1 Å². The van der Waals surface area contributed by atoms with Crippen LogP contribution >= 0.6 is 0 Å². The molecule has 2 heteroatoms. The second-order valence-corrected chi connectivity index (χ2v) is 11.4. The Bertz CT molecular complexity index is 2460. The molecule has 0 aliphatic carbocycles. The minimum atomic E-state index is 1.16. The molecule has 2 heterocycles. The van der Waals surface area contributed by atoms with E-state index in [0.29, 0.717) is 0 Å². The van der Waals surface area contributed by atoms with Crippen LogP contribution in [0.2, 0.25) is 0 Å². The first-order valence-electron chi connectivity index (χ1n) is 15.1. The van der Waals surface area contributed by atoms with Crippen LogP contribution in [0.3, 0.4) is 0 Å². The van der Waals surface area contributed by atoms with E-state index in [1.807, 2.05) is 0 Å². The quantitative estimate of drug-likeness (QED) is 0.203. The summed E-state index contributed by atoms with van der Waals surface area (Å²) in [5.74, 6) is 0. The molecule has 0 aliphatic rings. The van der Waals surface area contributed by atoms with Gasteiger partial charge >= 0.3 is 0 Å². The van der Waals surface area contributed by atoms with E-state index >= 15 is 0 Å². The van der Waals surface area contributed by atoms with E-state index in [-0.39, 0.29) is 0 Å². The van der Waals surface area contributed by atoms with E-state index in [1.54, 1.807) is 0 Å². The number of para-hydroxylation sites is 3. The third-order valence-electron chi connectivity index (χ3n) is 8.93. The second kappa shape index (κ2) is 9.86. The van der Waals surface area contributed by atoms with Crippen molar-refractivity contribution in [1.29, 1.82) is 0 Å². The predicted octanol–water partition coefficient (Wildman–Crippen LogP) is 11.2. The highest BCUT2D eigenvalue weighted by molar-refractivity contribution is 6.11. The van der Waals surface area contributed by atoms with Gasteiger partial charge in [-0.3, -0.25) is 0 Å². The van der Waals surface area contributed by atoms with Crippen LogP contribution in [0.5, 0.6) is 0 Å². The molecule has 0 unspecified atom stereocenters. The molecule has 0 fully saturated rings. The van der Waals surface area contributed by atoms with E-state index in [1.165, 1.54) is 71.6 Å². The van der Waals surface area contributed by atoms with Gasteiger partial charge in [0.15, 0.2) is 0 Å². The Labute approximate surface area is 255 Å². The van der Waals surface area contributed by atoms with Crippen molar-refractivity contribution < 1.29 is 0 Å². The molecule has 206 valence electrons. The van der Waals surface area contributed by atoms with Crippen molar-refractivity contribution in [3.8, 4) is 33.6 Å². The number of hydrogen-bond donors (Lipinski definition) is 0. The standard InChI is InChI=1S/C42H28N2/c1-3-11-29(12-4-1)31-21-25-42-37(27-31)36-16-8-10-18-40(36)44(42)34-23-19-30(20-24-34)32-22-26-41-38(28-32)35-15-7-9-17-39(35)43(41)33-13-5-2-6-14-33/h1-28H. The van der Waals surface area contributed by atoms with Crippen molar-refractivity contribution in [3.63, 3.8) is 0 Å². The molecule has 0 N–H and O–H groups in total. The number of fused-ring (bicyclic) bond motifs is 6. The van der Waals surface area contributed by atoms with Crippen LogP contribution in [0.1, 0.15) is 0 Å². The summed E-state index contributed by atoms with van der Waals surface area (Å²) < 4.78 is 4.75. The summed E-state index contributed by atoms with van der Waals surface area (Å²) in [5, 5.41) is 5.07. The van der Waals surface area contributed by atoms with Gasteiger partial charge < -0.3 is 9.13 Å². The van der Waals surface area contributed by atoms with Gasteiger partial charge in [-0.1, -0.05) is 109 Å². The Morgan fingerprint density at radius 3 is 1.18 bits per heavy atom. The average Bonchev–Trinajstić information content (AvgIpc) is 3.61. The highest BCUT2D eigenvalue weighted by atomic mass is 15.0. The van der Waals surface area contributed by atoms with Gasteiger partial charge in [0.25, 0.3) is 0 Å². The van der Waals surface area contributed by atoms with Gasteiger partial charge in [0.1, 0.15) is 0 Å². The van der Waals surface area contributed by atoms with E-state index < -0.39 is 0 Å². The summed E-state index contributed by atoms with van der Waals surface area (Å²) in [6, 6.07) is 61.4. The lowest BCUT2D eigenvalue weighted by molar-refractivity contribution is 1.18. The fourth-order valence-electron chi connectivity index (χ4n) is 6.87. The Hall–Kier alpha value is -5.86. The van der Waals surface area contributed by atoms with E-state index in [9.17, 15) is 0 Å². The summed E-state index contributed by atoms with van der Waals surface area (Å²) in [4.78, 5) is 0. The monoisotopic (exact) mass is 560 g/mol. The van der Waals surface area contributed by atoms with Crippen molar-refractivity contribution in [2.75, 3.05) is 0 Å². The second-order valence-electron chi connectivity index (χ2n) is 11.4. The summed E-state index contributed by atoms with van der Waals surface area (Å²) in [5.41, 5.74) is 12.1. The van der Waals surface area contributed by atoms with Crippen LogP contribution in [0.4, 0.5) is 0 Å². The Morgan fingerprint density at radius 1 is 0.250 bits per heavy atom. The maximum absolute atomic E-state index is 2.39. The number of benzene rings is 7. The van der Waals surface area contributed by atoms with Gasteiger partial charge in [0, 0.05) is 32.9 Å². The molecule has 0 saturated carbocycles. The van der Waals surface area contributed by atoms with Gasteiger partial charge in [-0.2, -0.15) is 0 Å². The molecule has 0 saturated heterocycles. The summed E-state index contributed by atoms with van der Waals surface area (Å²) >= 11 is 0. The van der Waals surface area contributed by atoms with Crippen molar-refractivity contribution in [3.05, 3.63) is 170 Å². The summed E-state index contributed by atoms with van der Waals surface area (Å²) in [7, 11) is 0. The molecule has 2 aromatic heterocycles. The Kier molecular flexibility index (Phi) is 5.54. The van der Waals surface area contributed by atoms with Gasteiger partial charge in [-0.15, -0.1) is 0 Å². The maximum Gasteiger partial charge on any atom is 0.0541 e. The Morgan fingerprint density at radius 2 is 0.636 bits per heavy atom. The number of nitrogens with zero attached hydrogens (tertiary/aromatic N) is 2. The topological polar surface area (TPSA) is 9.86 Å². The fraction of sp³-hybridized carbons (Fsp3) is 0. The number of aromatic nitrogens is 2. The SMILES string of the molecule is c1ccc(-c2ccc3c(c2)c2ccccc2n3-c2ccc(-c3ccc4c(c3)c3ccccc3n4-c3ccccc3)cc2)cc1. The molecule has 9 aromatic rings. The fourth-order valence-corrected chi connectivity index (χ4v) is 6.87. The lowest BCUT2D eigenvalue weighted by Gasteiger charge is -2.10. The molecule has 0 bridgehead atoms. The number of hydrogen-bond acceptors (Lipinski definition) is 0. The minimum Gasteiger partial charge on any atom is -0.309 e. The predicted molar refractivity (Wildman–Crippen MR) is 186 cm³/mol. The molecule has 0 atom stereocenters. The van der Waals surface area contributed by atoms with Crippen molar-refractivity contribution >= 4 is 43.6 Å². The third kappa shape index (κ3) is 3.82.